The molecular weight excluding hydrogens is 411 g/mol. The van der Waals surface area contributed by atoms with Crippen molar-refractivity contribution in [3.63, 3.8) is 0 Å². The molecule has 23 heavy (non-hydrogen) atoms. The monoisotopic (exact) mass is 432 g/mol. The molecule has 3 atom stereocenters. The molecule has 8 heteroatoms. The quantitative estimate of drug-likeness (QED) is 0.216. The van der Waals surface area contributed by atoms with Crippen molar-refractivity contribution in [1.29, 1.82) is 5.41 Å². The van der Waals surface area contributed by atoms with Crippen molar-refractivity contribution in [1.82, 2.24) is 10.6 Å². The predicted molar refractivity (Wildman–Crippen MR) is 97.0 cm³/mol. The Morgan fingerprint density at radius 2 is 2.22 bits per heavy atom. The highest BCUT2D eigenvalue weighted by molar-refractivity contribution is 14.1. The first kappa shape index (κ1) is 19.4. The Morgan fingerprint density at radius 1 is 1.52 bits per heavy atom. The summed E-state index contributed by atoms with van der Waals surface area (Å²) in [4.78, 5) is 23.6. The summed E-state index contributed by atoms with van der Waals surface area (Å²) < 4.78 is 0.0438. The van der Waals surface area contributed by atoms with E-state index in [9.17, 15) is 14.7 Å². The highest BCUT2D eigenvalue weighted by Crippen LogP contribution is 2.19. The van der Waals surface area contributed by atoms with Gasteiger partial charge in [-0.1, -0.05) is 24.3 Å². The smallest absolute Gasteiger partial charge is 0.255 e. The Balaban J connectivity index is 2.87. The van der Waals surface area contributed by atoms with Gasteiger partial charge in [0, 0.05) is 13.2 Å². The van der Waals surface area contributed by atoms with Crippen molar-refractivity contribution < 1.29 is 14.7 Å². The van der Waals surface area contributed by atoms with Gasteiger partial charge < -0.3 is 21.5 Å². The standard InChI is InChI=1S/C15H21IN4O3/c1-19-8-10(13(16)17)15(23)20-11(12(21)14(18)22)7-9-5-3-2-4-6-9/h2-5,8-9,11-12,17,19,21H,6-7H2,1H3,(H2,18,22)(H,20,23). The van der Waals surface area contributed by atoms with Gasteiger partial charge >= 0.3 is 0 Å². The van der Waals surface area contributed by atoms with Crippen molar-refractivity contribution in [3.8, 4) is 0 Å². The molecule has 0 heterocycles. The molecule has 2 amide bonds. The van der Waals surface area contributed by atoms with E-state index >= 15 is 0 Å². The van der Waals surface area contributed by atoms with Gasteiger partial charge in [0.2, 0.25) is 5.91 Å². The zero-order valence-corrected chi connectivity index (χ0v) is 14.9. The van der Waals surface area contributed by atoms with Crippen LogP contribution >= 0.6 is 22.6 Å². The van der Waals surface area contributed by atoms with Gasteiger partial charge in [0.05, 0.1) is 11.6 Å². The van der Waals surface area contributed by atoms with Crippen LogP contribution in [-0.2, 0) is 9.59 Å². The summed E-state index contributed by atoms with van der Waals surface area (Å²) in [5.74, 6) is -1.34. The summed E-state index contributed by atoms with van der Waals surface area (Å²) in [5, 5.41) is 22.9. The van der Waals surface area contributed by atoms with Crippen LogP contribution in [0.15, 0.2) is 36.1 Å². The topological polar surface area (TPSA) is 128 Å². The van der Waals surface area contributed by atoms with E-state index in [2.05, 4.69) is 10.6 Å². The van der Waals surface area contributed by atoms with Gasteiger partial charge in [0.15, 0.2) is 6.10 Å². The third-order valence-electron chi connectivity index (χ3n) is 3.38. The van der Waals surface area contributed by atoms with E-state index in [1.165, 1.54) is 6.20 Å². The Kier molecular flexibility index (Phi) is 7.96. The van der Waals surface area contributed by atoms with Crippen LogP contribution in [-0.4, -0.2) is 39.8 Å². The summed E-state index contributed by atoms with van der Waals surface area (Å²) in [7, 11) is 1.61. The van der Waals surface area contributed by atoms with Crippen LogP contribution in [0.1, 0.15) is 12.8 Å². The number of hydrogen-bond acceptors (Lipinski definition) is 5. The van der Waals surface area contributed by atoms with Crippen molar-refractivity contribution in [2.75, 3.05) is 7.05 Å². The lowest BCUT2D eigenvalue weighted by atomic mass is 9.90. The number of amides is 2. The summed E-state index contributed by atoms with van der Waals surface area (Å²) >= 11 is 1.72. The third kappa shape index (κ3) is 6.14. The first-order chi connectivity index (χ1) is 10.9. The molecule has 0 fully saturated rings. The van der Waals surface area contributed by atoms with Crippen LogP contribution in [0.25, 0.3) is 0 Å². The molecule has 126 valence electrons. The van der Waals surface area contributed by atoms with E-state index in [4.69, 9.17) is 11.1 Å². The molecule has 0 aliphatic heterocycles. The first-order valence-electron chi connectivity index (χ1n) is 7.10. The number of hydrogen-bond donors (Lipinski definition) is 5. The fourth-order valence-corrected chi connectivity index (χ4v) is 2.62. The van der Waals surface area contributed by atoms with Crippen LogP contribution in [0.2, 0.25) is 0 Å². The fourth-order valence-electron chi connectivity index (χ4n) is 2.22. The molecule has 0 spiro atoms. The molecule has 0 radical (unpaired) electrons. The van der Waals surface area contributed by atoms with Crippen LogP contribution in [0.4, 0.5) is 0 Å². The predicted octanol–water partition coefficient (Wildman–Crippen LogP) is 0.355. The molecule has 1 rings (SSSR count). The van der Waals surface area contributed by atoms with E-state index in [1.54, 1.807) is 29.6 Å². The lowest BCUT2D eigenvalue weighted by Crippen LogP contribution is -2.50. The summed E-state index contributed by atoms with van der Waals surface area (Å²) in [6, 6.07) is -0.822. The molecule has 7 nitrogen and oxygen atoms in total. The van der Waals surface area contributed by atoms with Crippen molar-refractivity contribution in [2.45, 2.75) is 25.0 Å². The number of allylic oxidation sites excluding steroid dienone is 4. The maximum absolute atomic E-state index is 12.3. The summed E-state index contributed by atoms with van der Waals surface area (Å²) in [6.07, 6.45) is 8.77. The van der Waals surface area contributed by atoms with Gasteiger partial charge in [-0.2, -0.15) is 0 Å². The van der Waals surface area contributed by atoms with Gasteiger partial charge in [-0.15, -0.1) is 0 Å². The average molecular weight is 432 g/mol. The lowest BCUT2D eigenvalue weighted by molar-refractivity contribution is -0.128. The van der Waals surface area contributed by atoms with E-state index in [0.29, 0.717) is 6.42 Å². The van der Waals surface area contributed by atoms with Gasteiger partial charge in [0.1, 0.15) is 3.72 Å². The highest BCUT2D eigenvalue weighted by Gasteiger charge is 2.29. The fraction of sp³-hybridized carbons (Fsp3) is 0.400. The minimum absolute atomic E-state index is 0.0438. The summed E-state index contributed by atoms with van der Waals surface area (Å²) in [6.45, 7) is 0. The van der Waals surface area contributed by atoms with Crippen molar-refractivity contribution in [3.05, 3.63) is 36.1 Å². The molecule has 1 aliphatic carbocycles. The number of rotatable bonds is 8. The number of halogens is 1. The van der Waals surface area contributed by atoms with E-state index in [-0.39, 0.29) is 15.2 Å². The van der Waals surface area contributed by atoms with E-state index in [0.717, 1.165) is 6.42 Å². The minimum Gasteiger partial charge on any atom is -0.393 e. The van der Waals surface area contributed by atoms with Crippen molar-refractivity contribution in [2.24, 2.45) is 11.7 Å². The van der Waals surface area contributed by atoms with E-state index in [1.807, 2.05) is 24.3 Å². The number of aliphatic hydroxyl groups excluding tert-OH is 1. The molecule has 6 N–H and O–H groups in total. The molecular formula is C15H21IN4O3. The number of nitrogens with two attached hydrogens (primary N) is 1. The van der Waals surface area contributed by atoms with E-state index < -0.39 is 24.0 Å². The Morgan fingerprint density at radius 3 is 2.70 bits per heavy atom. The number of carbonyl (C=O) groups is 2. The molecule has 0 bridgehead atoms. The second kappa shape index (κ2) is 9.46. The second-order valence-electron chi connectivity index (χ2n) is 5.13. The summed E-state index contributed by atoms with van der Waals surface area (Å²) in [5.41, 5.74) is 5.29. The molecule has 0 saturated carbocycles. The third-order valence-corrected chi connectivity index (χ3v) is 3.97. The zero-order chi connectivity index (χ0) is 17.4. The molecule has 1 aliphatic rings. The maximum atomic E-state index is 12.3. The number of primary amides is 1. The van der Waals surface area contributed by atoms with Gasteiger partial charge in [-0.05, 0) is 41.4 Å². The van der Waals surface area contributed by atoms with Gasteiger partial charge in [-0.25, -0.2) is 0 Å². The second-order valence-corrected chi connectivity index (χ2v) is 6.21. The minimum atomic E-state index is -1.49. The number of aliphatic hydroxyl groups is 1. The Labute approximate surface area is 148 Å². The normalized spacial score (nSPS) is 19.8. The zero-order valence-electron chi connectivity index (χ0n) is 12.8. The SMILES string of the molecule is CNC=C(C(=N)I)C(=O)NC(CC1C=CC=CC1)C(O)C(N)=O. The largest absolute Gasteiger partial charge is 0.393 e. The van der Waals surface area contributed by atoms with Crippen LogP contribution in [0.5, 0.6) is 0 Å². The average Bonchev–Trinajstić information content (AvgIpc) is 2.51. The molecule has 0 aromatic heterocycles. The van der Waals surface area contributed by atoms with Crippen LogP contribution < -0.4 is 16.4 Å². The van der Waals surface area contributed by atoms with Crippen LogP contribution in [0.3, 0.4) is 0 Å². The number of carbonyl (C=O) groups excluding carboxylic acids is 2. The molecule has 0 aromatic rings. The molecule has 3 unspecified atom stereocenters. The Bertz CT molecular complexity index is 557. The number of nitrogens with one attached hydrogen (secondary N) is 3. The van der Waals surface area contributed by atoms with Gasteiger partial charge in [-0.3, -0.25) is 15.0 Å². The highest BCUT2D eigenvalue weighted by atomic mass is 127. The lowest BCUT2D eigenvalue weighted by Gasteiger charge is -2.26. The molecule has 0 saturated heterocycles. The molecule has 0 aromatic carbocycles. The van der Waals surface area contributed by atoms with Gasteiger partial charge in [0.25, 0.3) is 5.91 Å². The first-order valence-corrected chi connectivity index (χ1v) is 8.18. The van der Waals surface area contributed by atoms with Crippen LogP contribution in [0, 0.1) is 11.3 Å². The van der Waals surface area contributed by atoms with Crippen molar-refractivity contribution >= 4 is 38.1 Å². The maximum Gasteiger partial charge on any atom is 0.255 e. The Hall–Kier alpha value is -1.68.